The first-order chi connectivity index (χ1) is 16.9. The van der Waals surface area contributed by atoms with E-state index in [0.29, 0.717) is 5.82 Å². The molecule has 2 saturated heterocycles. The van der Waals surface area contributed by atoms with Crippen molar-refractivity contribution in [1.82, 2.24) is 14.5 Å². The quantitative estimate of drug-likeness (QED) is 0.419. The minimum atomic E-state index is -0.664. The zero-order valence-corrected chi connectivity index (χ0v) is 19.4. The van der Waals surface area contributed by atoms with Gasteiger partial charge in [-0.3, -0.25) is 0 Å². The van der Waals surface area contributed by atoms with E-state index in [1.807, 2.05) is 32.0 Å². The van der Waals surface area contributed by atoms with Gasteiger partial charge in [0.2, 0.25) is 0 Å². The van der Waals surface area contributed by atoms with Crippen LogP contribution in [0.25, 0.3) is 22.2 Å². The summed E-state index contributed by atoms with van der Waals surface area (Å²) in [5.41, 5.74) is 3.18. The number of nitrogens with one attached hydrogen (secondary N) is 1. The fourth-order valence-electron chi connectivity index (χ4n) is 5.40. The molecule has 3 fully saturated rings. The second-order valence-electron chi connectivity index (χ2n) is 9.96. The van der Waals surface area contributed by atoms with Crippen LogP contribution in [0.5, 0.6) is 0 Å². The van der Waals surface area contributed by atoms with Gasteiger partial charge in [0.05, 0.1) is 5.39 Å². The molecule has 1 aliphatic carbocycles. The standard InChI is InChI=1S/C27H25FN4O3/c1-26(2)33-21-22(34-26)27(12-13-27)35-25(21)32-14-19(16-6-4-3-5-7-16)20-23(29-15-30-24(20)32)31-18-10-8-17(28)9-11-18/h3-11,14-15,21-22,25H,12-13H2,1-2H3,(H,29,30,31)/t21-,22+,25-/m1/s1. The minimum absolute atomic E-state index is 0.112. The number of fused-ring (bicyclic) bond motifs is 3. The Balaban J connectivity index is 1.39. The molecule has 0 bridgehead atoms. The van der Waals surface area contributed by atoms with Crippen LogP contribution in [0.4, 0.5) is 15.9 Å². The number of halogens is 1. The summed E-state index contributed by atoms with van der Waals surface area (Å²) < 4.78 is 34.8. The number of aromatic nitrogens is 3. The summed E-state index contributed by atoms with van der Waals surface area (Å²) in [6.07, 6.45) is 4.80. The molecule has 0 unspecified atom stereocenters. The second kappa shape index (κ2) is 7.34. The Bertz CT molecular complexity index is 1420. The van der Waals surface area contributed by atoms with Crippen molar-refractivity contribution in [1.29, 1.82) is 0 Å². The molecule has 3 atom stereocenters. The normalized spacial score (nSPS) is 25.7. The summed E-state index contributed by atoms with van der Waals surface area (Å²) in [4.78, 5) is 9.24. The number of rotatable bonds is 4. The molecule has 4 heterocycles. The number of ether oxygens (including phenoxy) is 3. The molecular weight excluding hydrogens is 447 g/mol. The third-order valence-electron chi connectivity index (χ3n) is 7.10. The van der Waals surface area contributed by atoms with Gasteiger partial charge < -0.3 is 24.1 Å². The highest BCUT2D eigenvalue weighted by Crippen LogP contribution is 2.59. The Kier molecular flexibility index (Phi) is 4.40. The van der Waals surface area contributed by atoms with Gasteiger partial charge in [-0.25, -0.2) is 14.4 Å². The first kappa shape index (κ1) is 21.0. The molecule has 8 heteroatoms. The maximum absolute atomic E-state index is 13.5. The van der Waals surface area contributed by atoms with Crippen LogP contribution < -0.4 is 5.32 Å². The van der Waals surface area contributed by atoms with Crippen molar-refractivity contribution >= 4 is 22.5 Å². The molecule has 2 aliphatic heterocycles. The number of hydrogen-bond donors (Lipinski definition) is 1. The van der Waals surface area contributed by atoms with E-state index >= 15 is 0 Å². The van der Waals surface area contributed by atoms with Crippen LogP contribution >= 0.6 is 0 Å². The lowest BCUT2D eigenvalue weighted by Crippen LogP contribution is -2.30. The summed E-state index contributed by atoms with van der Waals surface area (Å²) in [6.45, 7) is 3.91. The van der Waals surface area contributed by atoms with Crippen LogP contribution in [0.2, 0.25) is 0 Å². The van der Waals surface area contributed by atoms with Gasteiger partial charge in [-0.15, -0.1) is 0 Å². The highest BCUT2D eigenvalue weighted by atomic mass is 19.1. The first-order valence-electron chi connectivity index (χ1n) is 11.9. The molecule has 7 rings (SSSR count). The number of nitrogens with zero attached hydrogens (tertiary/aromatic N) is 3. The smallest absolute Gasteiger partial charge is 0.165 e. The first-order valence-corrected chi connectivity index (χ1v) is 11.9. The van der Waals surface area contributed by atoms with E-state index < -0.39 is 5.79 Å². The van der Waals surface area contributed by atoms with Crippen molar-refractivity contribution in [3.05, 3.63) is 72.9 Å². The summed E-state index contributed by atoms with van der Waals surface area (Å²) in [5, 5.41) is 4.21. The van der Waals surface area contributed by atoms with E-state index in [9.17, 15) is 4.39 Å². The van der Waals surface area contributed by atoms with E-state index in [4.69, 9.17) is 14.2 Å². The van der Waals surface area contributed by atoms with Crippen LogP contribution in [0.3, 0.4) is 0 Å². The van der Waals surface area contributed by atoms with E-state index in [0.717, 1.165) is 40.7 Å². The Hall–Kier alpha value is -3.33. The molecule has 1 N–H and O–H groups in total. The Morgan fingerprint density at radius 3 is 2.49 bits per heavy atom. The summed E-state index contributed by atoms with van der Waals surface area (Å²) in [5.74, 6) is -0.315. The molecule has 178 valence electrons. The second-order valence-corrected chi connectivity index (χ2v) is 9.96. The van der Waals surface area contributed by atoms with Gasteiger partial charge in [-0.05, 0) is 56.5 Å². The van der Waals surface area contributed by atoms with Crippen LogP contribution in [-0.2, 0) is 14.2 Å². The largest absolute Gasteiger partial charge is 0.346 e. The van der Waals surface area contributed by atoms with Crippen molar-refractivity contribution in [2.45, 2.75) is 56.5 Å². The topological polar surface area (TPSA) is 70.4 Å². The van der Waals surface area contributed by atoms with Gasteiger partial charge in [0.25, 0.3) is 0 Å². The zero-order valence-electron chi connectivity index (χ0n) is 19.4. The van der Waals surface area contributed by atoms with E-state index in [-0.39, 0.29) is 29.9 Å². The number of hydrogen-bond acceptors (Lipinski definition) is 6. The fourth-order valence-corrected chi connectivity index (χ4v) is 5.40. The average molecular weight is 473 g/mol. The lowest BCUT2D eigenvalue weighted by molar-refractivity contribution is -0.201. The molecule has 2 aromatic heterocycles. The molecular formula is C27H25FN4O3. The average Bonchev–Trinajstić information content (AvgIpc) is 3.31. The fraction of sp³-hybridized carbons (Fsp3) is 0.333. The van der Waals surface area contributed by atoms with Crippen molar-refractivity contribution < 1.29 is 18.6 Å². The maximum Gasteiger partial charge on any atom is 0.165 e. The molecule has 7 nitrogen and oxygen atoms in total. The number of anilines is 2. The predicted octanol–water partition coefficient (Wildman–Crippen LogP) is 5.56. The van der Waals surface area contributed by atoms with E-state index in [2.05, 4.69) is 38.2 Å². The molecule has 2 aromatic carbocycles. The molecule has 35 heavy (non-hydrogen) atoms. The van der Waals surface area contributed by atoms with Gasteiger partial charge in [-0.1, -0.05) is 30.3 Å². The SMILES string of the molecule is CC1(C)O[C@H]2[C@H](n3cc(-c4ccccc4)c4c(Nc5ccc(F)cc5)ncnc43)OC3(CC3)[C@H]2O1. The number of benzene rings is 2. The van der Waals surface area contributed by atoms with Crippen molar-refractivity contribution in [2.75, 3.05) is 5.32 Å². The van der Waals surface area contributed by atoms with Crippen LogP contribution in [0.15, 0.2) is 67.1 Å². The van der Waals surface area contributed by atoms with Crippen LogP contribution in [0, 0.1) is 5.82 Å². The highest BCUT2D eigenvalue weighted by molar-refractivity contribution is 6.02. The van der Waals surface area contributed by atoms with Crippen LogP contribution in [0.1, 0.15) is 32.9 Å². The van der Waals surface area contributed by atoms with Crippen molar-refractivity contribution in [3.8, 4) is 11.1 Å². The summed E-state index contributed by atoms with van der Waals surface area (Å²) >= 11 is 0. The lowest BCUT2D eigenvalue weighted by Gasteiger charge is -2.25. The molecule has 0 amide bonds. The monoisotopic (exact) mass is 472 g/mol. The minimum Gasteiger partial charge on any atom is -0.346 e. The van der Waals surface area contributed by atoms with Gasteiger partial charge in [0.1, 0.15) is 41.4 Å². The van der Waals surface area contributed by atoms with Gasteiger partial charge in [0.15, 0.2) is 12.0 Å². The molecule has 4 aromatic rings. The molecule has 3 aliphatic rings. The van der Waals surface area contributed by atoms with Gasteiger partial charge in [-0.2, -0.15) is 0 Å². The highest BCUT2D eigenvalue weighted by Gasteiger charge is 2.68. The Morgan fingerprint density at radius 1 is 0.971 bits per heavy atom. The molecule has 1 spiro atoms. The predicted molar refractivity (Wildman–Crippen MR) is 129 cm³/mol. The summed E-state index contributed by atoms with van der Waals surface area (Å²) in [7, 11) is 0. The van der Waals surface area contributed by atoms with Gasteiger partial charge >= 0.3 is 0 Å². The molecule has 1 saturated carbocycles. The Morgan fingerprint density at radius 2 is 1.74 bits per heavy atom. The third kappa shape index (κ3) is 3.36. The van der Waals surface area contributed by atoms with Crippen molar-refractivity contribution in [3.63, 3.8) is 0 Å². The Labute approximate surface area is 201 Å². The van der Waals surface area contributed by atoms with Crippen molar-refractivity contribution in [2.24, 2.45) is 0 Å². The van der Waals surface area contributed by atoms with Gasteiger partial charge in [0, 0.05) is 17.4 Å². The van der Waals surface area contributed by atoms with Crippen LogP contribution in [-0.4, -0.2) is 38.1 Å². The zero-order chi connectivity index (χ0) is 23.8. The maximum atomic E-state index is 13.5. The van der Waals surface area contributed by atoms with E-state index in [1.165, 1.54) is 18.5 Å². The third-order valence-corrected chi connectivity index (χ3v) is 7.10. The summed E-state index contributed by atoms with van der Waals surface area (Å²) in [6, 6.07) is 16.4. The van der Waals surface area contributed by atoms with E-state index in [1.54, 1.807) is 12.1 Å². The lowest BCUT2D eigenvalue weighted by atomic mass is 10.1. The molecule has 0 radical (unpaired) electrons.